The molecule has 1 N–H and O–H groups in total. The Labute approximate surface area is 173 Å². The number of carbonyl (C=O) groups is 2. The molecular formula is C23H33N3O3. The van der Waals surface area contributed by atoms with Gasteiger partial charge in [-0.15, -0.1) is 0 Å². The van der Waals surface area contributed by atoms with E-state index in [-0.39, 0.29) is 11.9 Å². The van der Waals surface area contributed by atoms with Crippen LogP contribution in [0.4, 0.5) is 4.79 Å². The van der Waals surface area contributed by atoms with Gasteiger partial charge in [-0.05, 0) is 69.1 Å². The molecule has 0 aromatic heterocycles. The third kappa shape index (κ3) is 4.13. The van der Waals surface area contributed by atoms with Gasteiger partial charge in [0.2, 0.25) is 0 Å². The van der Waals surface area contributed by atoms with Gasteiger partial charge in [-0.2, -0.15) is 0 Å². The molecule has 1 aromatic carbocycles. The Morgan fingerprint density at radius 1 is 1.10 bits per heavy atom. The molecule has 0 radical (unpaired) electrons. The highest BCUT2D eigenvalue weighted by Crippen LogP contribution is 2.36. The molecular weight excluding hydrogens is 366 g/mol. The minimum Gasteiger partial charge on any atom is -0.497 e. The lowest BCUT2D eigenvalue weighted by atomic mass is 9.78. The van der Waals surface area contributed by atoms with Gasteiger partial charge in [-0.3, -0.25) is 9.69 Å². The van der Waals surface area contributed by atoms with E-state index in [1.165, 1.54) is 43.4 Å². The zero-order valence-electron chi connectivity index (χ0n) is 17.7. The first-order chi connectivity index (χ1) is 14.0. The summed E-state index contributed by atoms with van der Waals surface area (Å²) in [5, 5.41) is 2.97. The molecule has 3 aliphatic rings. The first-order valence-electron chi connectivity index (χ1n) is 11.0. The number of hydrogen-bond donors (Lipinski definition) is 1. The number of hydrogen-bond acceptors (Lipinski definition) is 4. The van der Waals surface area contributed by atoms with Gasteiger partial charge >= 0.3 is 6.03 Å². The number of benzene rings is 1. The van der Waals surface area contributed by atoms with Crippen LogP contribution in [0, 0.1) is 5.92 Å². The molecule has 29 heavy (non-hydrogen) atoms. The van der Waals surface area contributed by atoms with Crippen molar-refractivity contribution in [2.24, 2.45) is 5.92 Å². The molecule has 3 fully saturated rings. The lowest BCUT2D eigenvalue weighted by Crippen LogP contribution is -2.53. The number of nitrogens with zero attached hydrogens (tertiary/aromatic N) is 2. The number of urea groups is 1. The van der Waals surface area contributed by atoms with Crippen LogP contribution in [0.5, 0.6) is 5.75 Å². The summed E-state index contributed by atoms with van der Waals surface area (Å²) < 4.78 is 5.20. The van der Waals surface area contributed by atoms with Gasteiger partial charge in [0, 0.05) is 12.6 Å². The van der Waals surface area contributed by atoms with Gasteiger partial charge in [0.1, 0.15) is 11.3 Å². The van der Waals surface area contributed by atoms with E-state index in [4.69, 9.17) is 4.74 Å². The Bertz CT molecular complexity index is 748. The molecule has 4 rings (SSSR count). The molecule has 1 saturated carbocycles. The first-order valence-corrected chi connectivity index (χ1v) is 11.0. The molecule has 3 atom stereocenters. The van der Waals surface area contributed by atoms with Crippen LogP contribution in [0.1, 0.15) is 57.4 Å². The van der Waals surface area contributed by atoms with Crippen molar-refractivity contribution in [1.29, 1.82) is 0 Å². The Kier molecular flexibility index (Phi) is 5.81. The standard InChI is InChI=1S/C23H33N3O3/c1-23(14-13-17-9-11-19(29-2)12-10-17)21(27)26(22(28)24-23)16-25-15-5-7-18-6-3-4-8-20(18)25/h9-12,18,20H,3-8,13-16H2,1-2H3,(H,24,28)/t18-,20+,23-/m1/s1. The zero-order valence-corrected chi connectivity index (χ0v) is 17.7. The maximum atomic E-state index is 13.2. The second kappa shape index (κ2) is 8.34. The van der Waals surface area contributed by atoms with Crippen molar-refractivity contribution in [3.63, 3.8) is 0 Å². The van der Waals surface area contributed by atoms with Crippen molar-refractivity contribution in [2.75, 3.05) is 20.3 Å². The average Bonchev–Trinajstić information content (AvgIpc) is 2.96. The molecule has 158 valence electrons. The normalized spacial score (nSPS) is 30.2. The molecule has 6 nitrogen and oxygen atoms in total. The van der Waals surface area contributed by atoms with E-state index in [0.717, 1.165) is 30.2 Å². The van der Waals surface area contributed by atoms with Crippen LogP contribution in [-0.2, 0) is 11.2 Å². The van der Waals surface area contributed by atoms with Crippen LogP contribution in [0.2, 0.25) is 0 Å². The van der Waals surface area contributed by atoms with E-state index in [9.17, 15) is 9.59 Å². The van der Waals surface area contributed by atoms with Gasteiger partial charge < -0.3 is 10.1 Å². The maximum absolute atomic E-state index is 13.2. The average molecular weight is 400 g/mol. The van der Waals surface area contributed by atoms with Crippen LogP contribution < -0.4 is 10.1 Å². The van der Waals surface area contributed by atoms with Crippen LogP contribution in [0.15, 0.2) is 24.3 Å². The number of piperidine rings is 1. The van der Waals surface area contributed by atoms with Gasteiger partial charge in [-0.1, -0.05) is 25.0 Å². The lowest BCUT2D eigenvalue weighted by Gasteiger charge is -2.45. The highest BCUT2D eigenvalue weighted by atomic mass is 16.5. The van der Waals surface area contributed by atoms with Gasteiger partial charge in [-0.25, -0.2) is 9.69 Å². The van der Waals surface area contributed by atoms with E-state index in [2.05, 4.69) is 10.2 Å². The quantitative estimate of drug-likeness (QED) is 0.743. The number of aryl methyl sites for hydroxylation is 1. The number of rotatable bonds is 6. The van der Waals surface area contributed by atoms with Crippen molar-refractivity contribution in [1.82, 2.24) is 15.1 Å². The first kappa shape index (κ1) is 20.2. The second-order valence-corrected chi connectivity index (χ2v) is 9.05. The minimum atomic E-state index is -0.835. The van der Waals surface area contributed by atoms with Crippen molar-refractivity contribution in [3.8, 4) is 5.75 Å². The number of amides is 3. The Morgan fingerprint density at radius 2 is 1.83 bits per heavy atom. The second-order valence-electron chi connectivity index (χ2n) is 9.05. The SMILES string of the molecule is COc1ccc(CC[C@@]2(C)NC(=O)N(CN3CCC[C@H]4CCCC[C@@H]43)C2=O)cc1. The van der Waals surface area contributed by atoms with Crippen LogP contribution in [0.3, 0.4) is 0 Å². The molecule has 3 amide bonds. The predicted octanol–water partition coefficient (Wildman–Crippen LogP) is 3.55. The van der Waals surface area contributed by atoms with Crippen molar-refractivity contribution < 1.29 is 14.3 Å². The largest absolute Gasteiger partial charge is 0.497 e. The molecule has 0 unspecified atom stereocenters. The molecule has 0 bridgehead atoms. The minimum absolute atomic E-state index is 0.0889. The summed E-state index contributed by atoms with van der Waals surface area (Å²) in [5.74, 6) is 1.47. The number of fused-ring (bicyclic) bond motifs is 1. The number of imide groups is 1. The number of methoxy groups -OCH3 is 1. The summed E-state index contributed by atoms with van der Waals surface area (Å²) >= 11 is 0. The molecule has 1 aliphatic carbocycles. The van der Waals surface area contributed by atoms with Crippen LogP contribution in [-0.4, -0.2) is 53.6 Å². The summed E-state index contributed by atoms with van der Waals surface area (Å²) in [4.78, 5) is 29.7. The summed E-state index contributed by atoms with van der Waals surface area (Å²) in [6.45, 7) is 3.28. The third-order valence-electron chi connectivity index (χ3n) is 7.10. The monoisotopic (exact) mass is 399 g/mol. The Hall–Kier alpha value is -2.08. The van der Waals surface area contributed by atoms with Crippen molar-refractivity contribution >= 4 is 11.9 Å². The maximum Gasteiger partial charge on any atom is 0.326 e. The smallest absolute Gasteiger partial charge is 0.326 e. The molecule has 1 aromatic rings. The molecule has 6 heteroatoms. The fraction of sp³-hybridized carbons (Fsp3) is 0.652. The number of carbonyl (C=O) groups excluding carboxylic acids is 2. The Balaban J connectivity index is 1.39. The number of nitrogens with one attached hydrogen (secondary N) is 1. The van der Waals surface area contributed by atoms with E-state index in [1.807, 2.05) is 31.2 Å². The fourth-order valence-corrected chi connectivity index (χ4v) is 5.32. The van der Waals surface area contributed by atoms with Crippen LogP contribution in [0.25, 0.3) is 0 Å². The van der Waals surface area contributed by atoms with Crippen molar-refractivity contribution in [2.45, 2.75) is 69.9 Å². The number of ether oxygens (including phenoxy) is 1. The van der Waals surface area contributed by atoms with E-state index < -0.39 is 5.54 Å². The van der Waals surface area contributed by atoms with Crippen molar-refractivity contribution in [3.05, 3.63) is 29.8 Å². The van der Waals surface area contributed by atoms with Gasteiger partial charge in [0.05, 0.1) is 13.8 Å². The summed E-state index contributed by atoms with van der Waals surface area (Å²) in [6, 6.07) is 8.16. The highest BCUT2D eigenvalue weighted by molar-refractivity contribution is 6.06. The molecule has 2 aliphatic heterocycles. The molecule has 0 spiro atoms. The summed E-state index contributed by atoms with van der Waals surface area (Å²) in [6.07, 6.45) is 8.85. The lowest BCUT2D eigenvalue weighted by molar-refractivity contribution is -0.133. The zero-order chi connectivity index (χ0) is 20.4. The third-order valence-corrected chi connectivity index (χ3v) is 7.10. The fourth-order valence-electron chi connectivity index (χ4n) is 5.32. The van der Waals surface area contributed by atoms with Crippen LogP contribution >= 0.6 is 0 Å². The van der Waals surface area contributed by atoms with Gasteiger partial charge in [0.25, 0.3) is 5.91 Å². The highest BCUT2D eigenvalue weighted by Gasteiger charge is 2.48. The van der Waals surface area contributed by atoms with E-state index >= 15 is 0 Å². The topological polar surface area (TPSA) is 61.9 Å². The Morgan fingerprint density at radius 3 is 2.59 bits per heavy atom. The summed E-state index contributed by atoms with van der Waals surface area (Å²) in [7, 11) is 1.65. The van der Waals surface area contributed by atoms with Gasteiger partial charge in [0.15, 0.2) is 0 Å². The molecule has 2 saturated heterocycles. The van der Waals surface area contributed by atoms with E-state index in [1.54, 1.807) is 7.11 Å². The van der Waals surface area contributed by atoms with E-state index in [0.29, 0.717) is 19.1 Å². The number of likely N-dealkylation sites (tertiary alicyclic amines) is 1. The molecule has 2 heterocycles. The summed E-state index contributed by atoms with van der Waals surface area (Å²) in [5.41, 5.74) is 0.298. The predicted molar refractivity (Wildman–Crippen MR) is 112 cm³/mol.